The van der Waals surface area contributed by atoms with E-state index in [4.69, 9.17) is 4.74 Å². The number of hydrogen-bond donors (Lipinski definition) is 2. The highest BCUT2D eigenvalue weighted by Crippen LogP contribution is 2.24. The van der Waals surface area contributed by atoms with E-state index < -0.39 is 5.92 Å². The molecule has 3 aromatic rings. The lowest BCUT2D eigenvalue weighted by atomic mass is 10.0. The van der Waals surface area contributed by atoms with Crippen LogP contribution in [-0.2, 0) is 11.2 Å². The van der Waals surface area contributed by atoms with Gasteiger partial charge in [0, 0.05) is 23.1 Å². The van der Waals surface area contributed by atoms with Gasteiger partial charge in [0.2, 0.25) is 5.91 Å². The van der Waals surface area contributed by atoms with Crippen molar-refractivity contribution in [3.8, 4) is 5.75 Å². The Labute approximate surface area is 143 Å². The van der Waals surface area contributed by atoms with Crippen molar-refractivity contribution >= 4 is 22.9 Å². The molecule has 0 fully saturated rings. The molecule has 3 rings (SSSR count). The number of benzene rings is 1. The number of ether oxygens (including phenoxy) is 1. The molecule has 0 unspecified atom stereocenters. The molecule has 2 N–H and O–H groups in total. The van der Waals surface area contributed by atoms with Crippen LogP contribution in [0.2, 0.25) is 0 Å². The highest BCUT2D eigenvalue weighted by Gasteiger charge is 2.26. The number of aromatic nitrogens is 4. The average molecular weight is 343 g/mol. The number of nitrogens with one attached hydrogen (secondary N) is 2. The predicted molar refractivity (Wildman–Crippen MR) is 91.2 cm³/mol. The van der Waals surface area contributed by atoms with Crippen LogP contribution < -0.4 is 10.1 Å². The monoisotopic (exact) mass is 343 g/mol. The minimum absolute atomic E-state index is 0.182. The second-order valence-corrected chi connectivity index (χ2v) is 6.09. The molecule has 2 aromatic heterocycles. The van der Waals surface area contributed by atoms with E-state index in [1.807, 2.05) is 42.6 Å². The first kappa shape index (κ1) is 16.1. The number of tetrazole rings is 1. The van der Waals surface area contributed by atoms with Crippen molar-refractivity contribution < 1.29 is 9.53 Å². The molecule has 8 heteroatoms. The summed E-state index contributed by atoms with van der Waals surface area (Å²) in [6.07, 6.45) is 0.522. The van der Waals surface area contributed by atoms with Crippen molar-refractivity contribution in [3.05, 3.63) is 52.5 Å². The number of anilines is 1. The maximum atomic E-state index is 12.7. The van der Waals surface area contributed by atoms with Crippen molar-refractivity contribution in [1.29, 1.82) is 0 Å². The lowest BCUT2D eigenvalue weighted by Gasteiger charge is -2.13. The first-order valence-corrected chi connectivity index (χ1v) is 8.43. The van der Waals surface area contributed by atoms with Gasteiger partial charge in [0.05, 0.1) is 6.61 Å². The number of thiophene rings is 1. The van der Waals surface area contributed by atoms with Gasteiger partial charge in [0.1, 0.15) is 11.7 Å². The van der Waals surface area contributed by atoms with E-state index in [0.717, 1.165) is 4.88 Å². The molecule has 1 atom stereocenters. The van der Waals surface area contributed by atoms with Gasteiger partial charge in [-0.2, -0.15) is 5.21 Å². The number of amides is 1. The molecular weight excluding hydrogens is 326 g/mol. The van der Waals surface area contributed by atoms with Crippen molar-refractivity contribution in [2.75, 3.05) is 11.9 Å². The standard InChI is InChI=1S/C16H17N5O2S/c1-2-23-12-6-3-5-11(9-12)17-16(22)14(15-18-20-21-19-15)10-13-7-4-8-24-13/h3-9,14H,2,10H2,1H3,(H,17,22)(H,18,19,20,21)/t14-/m0/s1. The molecule has 0 bridgehead atoms. The molecule has 0 radical (unpaired) electrons. The second kappa shape index (κ2) is 7.69. The highest BCUT2D eigenvalue weighted by atomic mass is 32.1. The molecule has 124 valence electrons. The minimum Gasteiger partial charge on any atom is -0.494 e. The Morgan fingerprint density at radius 3 is 3.00 bits per heavy atom. The zero-order chi connectivity index (χ0) is 16.8. The van der Waals surface area contributed by atoms with E-state index in [9.17, 15) is 4.79 Å². The van der Waals surface area contributed by atoms with Crippen LogP contribution in [0.5, 0.6) is 5.75 Å². The number of H-pyrrole nitrogens is 1. The van der Waals surface area contributed by atoms with Crippen molar-refractivity contribution in [3.63, 3.8) is 0 Å². The van der Waals surface area contributed by atoms with Gasteiger partial charge < -0.3 is 10.1 Å². The largest absolute Gasteiger partial charge is 0.494 e. The third-order valence-corrected chi connectivity index (χ3v) is 4.29. The number of aromatic amines is 1. The molecule has 0 spiro atoms. The molecule has 0 aliphatic rings. The maximum absolute atomic E-state index is 12.7. The summed E-state index contributed by atoms with van der Waals surface area (Å²) >= 11 is 1.60. The molecule has 2 heterocycles. The highest BCUT2D eigenvalue weighted by molar-refractivity contribution is 7.09. The SMILES string of the molecule is CCOc1cccc(NC(=O)[C@@H](Cc2cccs2)c2nn[nH]n2)c1. The minimum atomic E-state index is -0.516. The van der Waals surface area contributed by atoms with Gasteiger partial charge in [0.25, 0.3) is 0 Å². The smallest absolute Gasteiger partial charge is 0.235 e. The van der Waals surface area contributed by atoms with Gasteiger partial charge in [-0.3, -0.25) is 4.79 Å². The topological polar surface area (TPSA) is 92.8 Å². The molecule has 0 aliphatic carbocycles. The van der Waals surface area contributed by atoms with Crippen LogP contribution in [0, 0.1) is 0 Å². The van der Waals surface area contributed by atoms with Gasteiger partial charge in [-0.15, -0.1) is 21.5 Å². The third kappa shape index (κ3) is 3.96. The normalized spacial score (nSPS) is 11.9. The van der Waals surface area contributed by atoms with E-state index >= 15 is 0 Å². The second-order valence-electron chi connectivity index (χ2n) is 5.06. The first-order chi connectivity index (χ1) is 11.8. The summed E-state index contributed by atoms with van der Waals surface area (Å²) in [5.74, 6) is 0.392. The number of carbonyl (C=O) groups excluding carboxylic acids is 1. The predicted octanol–water partition coefficient (Wildman–Crippen LogP) is 2.62. The van der Waals surface area contributed by atoms with Gasteiger partial charge in [-0.25, -0.2) is 0 Å². The lowest BCUT2D eigenvalue weighted by Crippen LogP contribution is -2.24. The molecule has 1 amide bonds. The van der Waals surface area contributed by atoms with Crippen LogP contribution in [0.1, 0.15) is 23.5 Å². The number of hydrogen-bond acceptors (Lipinski definition) is 6. The lowest BCUT2D eigenvalue weighted by molar-refractivity contribution is -0.117. The van der Waals surface area contributed by atoms with Gasteiger partial charge >= 0.3 is 0 Å². The number of nitrogens with zero attached hydrogens (tertiary/aromatic N) is 3. The number of rotatable bonds is 7. The fourth-order valence-corrected chi connectivity index (χ4v) is 3.06. The average Bonchev–Trinajstić information content (AvgIpc) is 3.27. The van der Waals surface area contributed by atoms with Crippen molar-refractivity contribution in [2.24, 2.45) is 0 Å². The van der Waals surface area contributed by atoms with Gasteiger partial charge in [-0.05, 0) is 30.5 Å². The Balaban J connectivity index is 1.77. The summed E-state index contributed by atoms with van der Waals surface area (Å²) in [6, 6.07) is 11.2. The Morgan fingerprint density at radius 1 is 1.38 bits per heavy atom. The third-order valence-electron chi connectivity index (χ3n) is 3.39. The van der Waals surface area contributed by atoms with Crippen LogP contribution in [0.25, 0.3) is 0 Å². The fourth-order valence-electron chi connectivity index (χ4n) is 2.31. The van der Waals surface area contributed by atoms with E-state index in [2.05, 4.69) is 25.9 Å². The quantitative estimate of drug-likeness (QED) is 0.688. The van der Waals surface area contributed by atoms with Crippen LogP contribution in [0.15, 0.2) is 41.8 Å². The van der Waals surface area contributed by atoms with Crippen LogP contribution >= 0.6 is 11.3 Å². The van der Waals surface area contributed by atoms with Crippen LogP contribution in [-0.4, -0.2) is 33.1 Å². The first-order valence-electron chi connectivity index (χ1n) is 7.55. The molecule has 0 saturated heterocycles. The Bertz CT molecular complexity index is 774. The molecular formula is C16H17N5O2S. The summed E-state index contributed by atoms with van der Waals surface area (Å²) in [5.41, 5.74) is 0.672. The fraction of sp³-hybridized carbons (Fsp3) is 0.250. The van der Waals surface area contributed by atoms with E-state index in [-0.39, 0.29) is 5.91 Å². The summed E-state index contributed by atoms with van der Waals surface area (Å²) in [6.45, 7) is 2.49. The van der Waals surface area contributed by atoms with Crippen molar-refractivity contribution in [2.45, 2.75) is 19.3 Å². The Kier molecular flexibility index (Phi) is 5.17. The summed E-state index contributed by atoms with van der Waals surface area (Å²) in [5, 5.41) is 18.8. The van der Waals surface area contributed by atoms with Gasteiger partial charge in [0.15, 0.2) is 5.82 Å². The summed E-state index contributed by atoms with van der Waals surface area (Å²) in [4.78, 5) is 13.8. The zero-order valence-electron chi connectivity index (χ0n) is 13.1. The summed E-state index contributed by atoms with van der Waals surface area (Å²) < 4.78 is 5.46. The molecule has 7 nitrogen and oxygen atoms in total. The molecule has 24 heavy (non-hydrogen) atoms. The van der Waals surface area contributed by atoms with Crippen LogP contribution in [0.3, 0.4) is 0 Å². The summed E-state index contributed by atoms with van der Waals surface area (Å²) in [7, 11) is 0. The van der Waals surface area contributed by atoms with E-state index in [1.54, 1.807) is 17.4 Å². The zero-order valence-corrected chi connectivity index (χ0v) is 13.9. The van der Waals surface area contributed by atoms with E-state index in [1.165, 1.54) is 0 Å². The van der Waals surface area contributed by atoms with Crippen molar-refractivity contribution in [1.82, 2.24) is 20.6 Å². The number of carbonyl (C=O) groups is 1. The molecule has 1 aromatic carbocycles. The molecule has 0 aliphatic heterocycles. The van der Waals surface area contributed by atoms with Crippen LogP contribution in [0.4, 0.5) is 5.69 Å². The maximum Gasteiger partial charge on any atom is 0.235 e. The Morgan fingerprint density at radius 2 is 2.29 bits per heavy atom. The Hall–Kier alpha value is -2.74. The van der Waals surface area contributed by atoms with E-state index in [0.29, 0.717) is 30.3 Å². The molecule has 0 saturated carbocycles. The van der Waals surface area contributed by atoms with Gasteiger partial charge in [-0.1, -0.05) is 17.3 Å².